The molecule has 0 aliphatic carbocycles. The van der Waals surface area contributed by atoms with E-state index in [2.05, 4.69) is 72.5 Å². The molecule has 3 aromatic carbocycles. The predicted molar refractivity (Wildman–Crippen MR) is 215 cm³/mol. The van der Waals surface area contributed by atoms with Gasteiger partial charge in [0.1, 0.15) is 42.6 Å². The van der Waals surface area contributed by atoms with Crippen LogP contribution in [0, 0.1) is 25.2 Å². The Bertz CT molecular complexity index is 1970. The Kier molecular flexibility index (Phi) is 14.0. The minimum atomic E-state index is -0.828. The summed E-state index contributed by atoms with van der Waals surface area (Å²) < 4.78 is 19.1. The predicted octanol–water partition coefficient (Wildman–Crippen LogP) is 7.94. The molecule has 3 heterocycles. The standard InChI is InChI=1S/C44H52ClN5O5/c1-30-34(9-6-10-37(30)38-11-7-13-41(31(38)2)53-20-8-16-49-18-14-36(47-3)15-19-49)29-55-43-23-42(54-28-33-21-32(24-46)25-48-26-33)35(22-39(43)45)27-50-17-5-4-12-40(50)44(51)52/h6-7,9-11,13,21-23,25-26,36,40,47H,4-5,8,12,14-20,27-29H2,1-3H3,(H,51,52)/t40-/m0/s1. The number of piperidine rings is 2. The van der Waals surface area contributed by atoms with E-state index in [1.807, 2.05) is 17.0 Å². The van der Waals surface area contributed by atoms with E-state index < -0.39 is 12.0 Å². The maximum absolute atomic E-state index is 12.1. The molecule has 0 saturated carbocycles. The van der Waals surface area contributed by atoms with Gasteiger partial charge < -0.3 is 29.5 Å². The van der Waals surface area contributed by atoms with Crippen LogP contribution < -0.4 is 19.5 Å². The zero-order valence-corrected chi connectivity index (χ0v) is 32.9. The molecule has 1 aromatic heterocycles. The van der Waals surface area contributed by atoms with Crippen LogP contribution in [0.1, 0.15) is 71.9 Å². The van der Waals surface area contributed by atoms with E-state index in [-0.39, 0.29) is 13.2 Å². The van der Waals surface area contributed by atoms with Crippen molar-refractivity contribution >= 4 is 17.6 Å². The number of nitrogens with one attached hydrogen (secondary N) is 1. The highest BCUT2D eigenvalue weighted by Crippen LogP contribution is 2.37. The van der Waals surface area contributed by atoms with Gasteiger partial charge in [-0.05, 0) is 119 Å². The molecule has 0 bridgehead atoms. The fourth-order valence-corrected chi connectivity index (χ4v) is 7.92. The number of halogens is 1. The minimum Gasteiger partial charge on any atom is -0.493 e. The Hall–Kier alpha value is -4.66. The number of carboxylic acids is 1. The largest absolute Gasteiger partial charge is 0.493 e. The van der Waals surface area contributed by atoms with Crippen molar-refractivity contribution in [1.82, 2.24) is 20.1 Å². The SMILES string of the molecule is CNC1CCN(CCCOc2cccc(-c3cccc(COc4cc(OCc5cncc(C#N)c5)c(CN5CCCC[C@H]5C(=O)O)cc4Cl)c3C)c2C)CC1. The number of aromatic nitrogens is 1. The fourth-order valence-electron chi connectivity index (χ4n) is 7.68. The van der Waals surface area contributed by atoms with Crippen LogP contribution in [0.15, 0.2) is 67.0 Å². The molecule has 2 fully saturated rings. The summed E-state index contributed by atoms with van der Waals surface area (Å²) in [6, 6.07) is 20.0. The molecule has 2 aliphatic heterocycles. The lowest BCUT2D eigenvalue weighted by Crippen LogP contribution is -2.44. The Morgan fingerprint density at radius 2 is 1.67 bits per heavy atom. The van der Waals surface area contributed by atoms with Gasteiger partial charge in [0.15, 0.2) is 0 Å². The number of nitrogens with zero attached hydrogens (tertiary/aromatic N) is 4. The molecule has 290 valence electrons. The van der Waals surface area contributed by atoms with Gasteiger partial charge >= 0.3 is 5.97 Å². The van der Waals surface area contributed by atoms with E-state index in [4.69, 9.17) is 25.8 Å². The summed E-state index contributed by atoms with van der Waals surface area (Å²) >= 11 is 6.87. The molecular weight excluding hydrogens is 714 g/mol. The van der Waals surface area contributed by atoms with E-state index >= 15 is 0 Å². The highest BCUT2D eigenvalue weighted by Gasteiger charge is 2.29. The third-order valence-electron chi connectivity index (χ3n) is 11.0. The molecular formula is C44H52ClN5O5. The molecule has 0 unspecified atom stereocenters. The van der Waals surface area contributed by atoms with Gasteiger partial charge in [-0.25, -0.2) is 0 Å². The lowest BCUT2D eigenvalue weighted by atomic mass is 9.93. The van der Waals surface area contributed by atoms with Crippen molar-refractivity contribution < 1.29 is 24.1 Å². The number of benzene rings is 3. The first-order valence-corrected chi connectivity index (χ1v) is 19.7. The van der Waals surface area contributed by atoms with Crippen molar-refractivity contribution in [2.24, 2.45) is 0 Å². The number of carboxylic acid groups (broad SMARTS) is 1. The summed E-state index contributed by atoms with van der Waals surface area (Å²) in [7, 11) is 2.05. The van der Waals surface area contributed by atoms with Crippen molar-refractivity contribution in [3.05, 3.63) is 105 Å². The second kappa shape index (κ2) is 19.3. The molecule has 10 nitrogen and oxygen atoms in total. The lowest BCUT2D eigenvalue weighted by molar-refractivity contribution is -0.144. The first kappa shape index (κ1) is 40.0. The van der Waals surface area contributed by atoms with Crippen LogP contribution in [0.25, 0.3) is 11.1 Å². The summed E-state index contributed by atoms with van der Waals surface area (Å²) in [5.41, 5.74) is 7.41. The Labute approximate surface area is 330 Å². The summed E-state index contributed by atoms with van der Waals surface area (Å²) in [6.45, 7) is 9.70. The molecule has 0 spiro atoms. The van der Waals surface area contributed by atoms with Crippen LogP contribution in [0.5, 0.6) is 17.2 Å². The molecule has 2 aliphatic rings. The number of pyridine rings is 1. The first-order valence-electron chi connectivity index (χ1n) is 19.3. The van der Waals surface area contributed by atoms with Crippen molar-refractivity contribution in [2.75, 3.05) is 39.8 Å². The number of ether oxygens (including phenoxy) is 3. The summed E-state index contributed by atoms with van der Waals surface area (Å²) in [5.74, 6) is 1.07. The number of hydrogen-bond donors (Lipinski definition) is 2. The topological polar surface area (TPSA) is 120 Å². The van der Waals surface area contributed by atoms with Crippen LogP contribution in [-0.2, 0) is 24.6 Å². The van der Waals surface area contributed by atoms with Gasteiger partial charge in [-0.2, -0.15) is 5.26 Å². The van der Waals surface area contributed by atoms with Gasteiger partial charge in [0, 0.05) is 48.7 Å². The van der Waals surface area contributed by atoms with E-state index in [9.17, 15) is 15.2 Å². The minimum absolute atomic E-state index is 0.165. The second-order valence-corrected chi connectivity index (χ2v) is 15.0. The second-order valence-electron chi connectivity index (χ2n) is 14.6. The van der Waals surface area contributed by atoms with Crippen molar-refractivity contribution in [3.8, 4) is 34.4 Å². The molecule has 2 N–H and O–H groups in total. The van der Waals surface area contributed by atoms with Crippen molar-refractivity contribution in [3.63, 3.8) is 0 Å². The highest BCUT2D eigenvalue weighted by molar-refractivity contribution is 6.32. The smallest absolute Gasteiger partial charge is 0.320 e. The lowest BCUT2D eigenvalue weighted by Gasteiger charge is -2.33. The average Bonchev–Trinajstić information content (AvgIpc) is 3.20. The van der Waals surface area contributed by atoms with Crippen LogP contribution in [0.3, 0.4) is 0 Å². The molecule has 2 saturated heterocycles. The van der Waals surface area contributed by atoms with Crippen LogP contribution in [0.4, 0.5) is 0 Å². The number of rotatable bonds is 16. The molecule has 0 amide bonds. The van der Waals surface area contributed by atoms with E-state index in [1.165, 1.54) is 19.0 Å². The fraction of sp³-hybridized carbons (Fsp3) is 0.432. The van der Waals surface area contributed by atoms with Crippen LogP contribution in [0.2, 0.25) is 5.02 Å². The molecule has 4 aromatic rings. The average molecular weight is 766 g/mol. The number of hydrogen-bond acceptors (Lipinski definition) is 9. The molecule has 0 radical (unpaired) electrons. The number of carbonyl (C=O) groups is 1. The normalized spacial score (nSPS) is 16.7. The van der Waals surface area contributed by atoms with Gasteiger partial charge in [0.25, 0.3) is 0 Å². The van der Waals surface area contributed by atoms with Crippen molar-refractivity contribution in [2.45, 2.75) is 84.2 Å². The maximum atomic E-state index is 12.1. The first-order chi connectivity index (χ1) is 26.7. The maximum Gasteiger partial charge on any atom is 0.320 e. The van der Waals surface area contributed by atoms with Gasteiger partial charge in [-0.3, -0.25) is 14.7 Å². The third kappa shape index (κ3) is 10.4. The highest BCUT2D eigenvalue weighted by atomic mass is 35.5. The monoisotopic (exact) mass is 765 g/mol. The van der Waals surface area contributed by atoms with Gasteiger partial charge in [-0.1, -0.05) is 48.4 Å². The van der Waals surface area contributed by atoms with Crippen LogP contribution in [-0.4, -0.2) is 77.8 Å². The quantitative estimate of drug-likeness (QED) is 0.109. The number of nitriles is 1. The Morgan fingerprint density at radius 1 is 0.909 bits per heavy atom. The molecule has 1 atom stereocenters. The number of likely N-dealkylation sites (tertiary alicyclic amines) is 2. The zero-order valence-electron chi connectivity index (χ0n) is 32.2. The summed E-state index contributed by atoms with van der Waals surface area (Å²) in [6.07, 6.45) is 8.95. The molecule has 11 heteroatoms. The van der Waals surface area contributed by atoms with E-state index in [1.54, 1.807) is 18.3 Å². The van der Waals surface area contributed by atoms with E-state index in [0.717, 1.165) is 83.6 Å². The van der Waals surface area contributed by atoms with Crippen LogP contribution >= 0.6 is 11.6 Å². The Morgan fingerprint density at radius 3 is 2.44 bits per heavy atom. The summed E-state index contributed by atoms with van der Waals surface area (Å²) in [4.78, 5) is 20.7. The van der Waals surface area contributed by atoms with E-state index in [0.29, 0.717) is 54.2 Å². The van der Waals surface area contributed by atoms with Gasteiger partial charge in [-0.15, -0.1) is 0 Å². The summed E-state index contributed by atoms with van der Waals surface area (Å²) in [5, 5.41) is 23.1. The third-order valence-corrected chi connectivity index (χ3v) is 11.3. The number of aliphatic carboxylic acids is 1. The van der Waals surface area contributed by atoms with Crippen molar-refractivity contribution in [1.29, 1.82) is 5.26 Å². The van der Waals surface area contributed by atoms with Gasteiger partial charge in [0.2, 0.25) is 0 Å². The molecule has 6 rings (SSSR count). The Balaban J connectivity index is 1.16. The van der Waals surface area contributed by atoms with Gasteiger partial charge in [0.05, 0.1) is 17.2 Å². The zero-order chi connectivity index (χ0) is 38.7. The molecule has 55 heavy (non-hydrogen) atoms.